The van der Waals surface area contributed by atoms with Crippen molar-refractivity contribution in [3.8, 4) is 18.1 Å². The Bertz CT molecular complexity index is 966. The van der Waals surface area contributed by atoms with Crippen molar-refractivity contribution in [2.75, 3.05) is 6.61 Å². The highest BCUT2D eigenvalue weighted by molar-refractivity contribution is 6.31. The zero-order valence-electron chi connectivity index (χ0n) is 14.4. The molecule has 1 aromatic rings. The number of ether oxygens (including phenoxy) is 1. The van der Waals surface area contributed by atoms with Crippen molar-refractivity contribution in [2.45, 2.75) is 6.42 Å². The second kappa shape index (κ2) is 6.77. The summed E-state index contributed by atoms with van der Waals surface area (Å²) < 4.78 is 5.30. The molecule has 1 aliphatic heterocycles. The summed E-state index contributed by atoms with van der Waals surface area (Å²) in [6.07, 6.45) is 11.1. The highest BCUT2D eigenvalue weighted by Gasteiger charge is 2.59. The van der Waals surface area contributed by atoms with Crippen molar-refractivity contribution in [3.05, 3.63) is 45.0 Å². The van der Waals surface area contributed by atoms with E-state index >= 15 is 0 Å². The molecule has 142 valence electrons. The maximum Gasteiger partial charge on any atom is 0.313 e. The Morgan fingerprint density at radius 3 is 2.54 bits per heavy atom. The number of carbonyl (C=O) groups is 2. The standard InChI is InChI=1S/C19H14ClN3O5/c1-2-5-28-17-12(7-13(20)8-14(17)23(26)27)9-21-22-18(24)15-10-3-4-11(6-10)16(15)19(22)25/h1,3-4,7-11,15-16H,5-6H2/t10-,11-,15-,16+/m0/s1. The van der Waals surface area contributed by atoms with Crippen LogP contribution in [0.4, 0.5) is 5.69 Å². The van der Waals surface area contributed by atoms with Gasteiger partial charge in [0.25, 0.3) is 11.8 Å². The Labute approximate surface area is 164 Å². The molecule has 4 rings (SSSR count). The molecule has 2 bridgehead atoms. The van der Waals surface area contributed by atoms with Crippen molar-refractivity contribution in [1.29, 1.82) is 0 Å². The van der Waals surface area contributed by atoms with Gasteiger partial charge in [-0.1, -0.05) is 29.7 Å². The molecule has 1 saturated carbocycles. The summed E-state index contributed by atoms with van der Waals surface area (Å²) in [5, 5.41) is 16.3. The number of rotatable bonds is 5. The summed E-state index contributed by atoms with van der Waals surface area (Å²) in [7, 11) is 0. The first-order chi connectivity index (χ1) is 13.4. The number of amides is 2. The van der Waals surface area contributed by atoms with Crippen molar-refractivity contribution >= 4 is 35.3 Å². The molecular weight excluding hydrogens is 386 g/mol. The summed E-state index contributed by atoms with van der Waals surface area (Å²) in [5.41, 5.74) is -0.240. The van der Waals surface area contributed by atoms with Crippen molar-refractivity contribution in [2.24, 2.45) is 28.8 Å². The van der Waals surface area contributed by atoms with Gasteiger partial charge in [-0.05, 0) is 24.3 Å². The molecule has 2 amide bonds. The molecule has 9 heteroatoms. The minimum Gasteiger partial charge on any atom is -0.473 e. The first-order valence-corrected chi connectivity index (χ1v) is 8.94. The Hall–Kier alpha value is -3.18. The molecule has 2 aliphatic carbocycles. The lowest BCUT2D eigenvalue weighted by atomic mass is 9.85. The number of nitrogens with zero attached hydrogens (tertiary/aromatic N) is 3. The number of nitro groups is 1. The summed E-state index contributed by atoms with van der Waals surface area (Å²) >= 11 is 5.96. The van der Waals surface area contributed by atoms with Gasteiger partial charge in [-0.25, -0.2) is 0 Å². The second-order valence-electron chi connectivity index (χ2n) is 6.83. The highest BCUT2D eigenvalue weighted by atomic mass is 35.5. The van der Waals surface area contributed by atoms with Gasteiger partial charge in [0, 0.05) is 16.7 Å². The van der Waals surface area contributed by atoms with Crippen molar-refractivity contribution in [3.63, 3.8) is 0 Å². The molecule has 0 N–H and O–H groups in total. The van der Waals surface area contributed by atoms with Crippen LogP contribution in [0.15, 0.2) is 29.4 Å². The van der Waals surface area contributed by atoms with Crippen LogP contribution >= 0.6 is 11.6 Å². The molecule has 2 fully saturated rings. The van der Waals surface area contributed by atoms with Gasteiger partial charge in [-0.2, -0.15) is 10.1 Å². The number of allylic oxidation sites excluding steroid dienone is 2. The normalized spacial score (nSPS) is 27.5. The van der Waals surface area contributed by atoms with E-state index in [0.29, 0.717) is 0 Å². The van der Waals surface area contributed by atoms with Crippen LogP contribution in [-0.2, 0) is 9.59 Å². The molecule has 1 aromatic carbocycles. The monoisotopic (exact) mass is 399 g/mol. The minimum absolute atomic E-state index is 0.0634. The van der Waals surface area contributed by atoms with E-state index in [1.165, 1.54) is 6.07 Å². The SMILES string of the molecule is C#CCOc1c(C=NN2C(=O)[C@@H]3[C@H](C2=O)[C@H]2C=C[C@H]3C2)cc(Cl)cc1[N+](=O)[O-]. The number of terminal acetylenes is 1. The summed E-state index contributed by atoms with van der Waals surface area (Å²) in [6, 6.07) is 2.52. The van der Waals surface area contributed by atoms with Gasteiger partial charge in [-0.15, -0.1) is 6.42 Å². The minimum atomic E-state index is -0.658. The molecular formula is C19H14ClN3O5. The van der Waals surface area contributed by atoms with E-state index in [2.05, 4.69) is 11.0 Å². The van der Waals surface area contributed by atoms with Crippen LogP contribution < -0.4 is 4.74 Å². The molecule has 0 unspecified atom stereocenters. The fraction of sp³-hybridized carbons (Fsp3) is 0.316. The predicted molar refractivity (Wildman–Crippen MR) is 99.6 cm³/mol. The van der Waals surface area contributed by atoms with Gasteiger partial charge in [-0.3, -0.25) is 19.7 Å². The Balaban J connectivity index is 1.67. The molecule has 3 aliphatic rings. The third-order valence-electron chi connectivity index (χ3n) is 5.32. The van der Waals surface area contributed by atoms with Crippen molar-refractivity contribution < 1.29 is 19.2 Å². The molecule has 0 radical (unpaired) electrons. The van der Waals surface area contributed by atoms with E-state index in [4.69, 9.17) is 22.8 Å². The Kier molecular flexibility index (Phi) is 4.40. The number of fused-ring (bicyclic) bond motifs is 5. The van der Waals surface area contributed by atoms with E-state index in [0.717, 1.165) is 23.7 Å². The average molecular weight is 400 g/mol. The smallest absolute Gasteiger partial charge is 0.313 e. The van der Waals surface area contributed by atoms with Crippen LogP contribution in [0.1, 0.15) is 12.0 Å². The fourth-order valence-corrected chi connectivity index (χ4v) is 4.44. The van der Waals surface area contributed by atoms with Crippen LogP contribution in [-0.4, -0.2) is 34.6 Å². The molecule has 1 heterocycles. The van der Waals surface area contributed by atoms with Gasteiger partial charge in [0.15, 0.2) is 0 Å². The zero-order chi connectivity index (χ0) is 20.0. The van der Waals surface area contributed by atoms with E-state index in [1.54, 1.807) is 0 Å². The van der Waals surface area contributed by atoms with E-state index in [1.807, 2.05) is 12.2 Å². The first-order valence-electron chi connectivity index (χ1n) is 8.56. The zero-order valence-corrected chi connectivity index (χ0v) is 15.2. The number of halogens is 1. The Morgan fingerprint density at radius 1 is 1.32 bits per heavy atom. The fourth-order valence-electron chi connectivity index (χ4n) is 4.22. The Morgan fingerprint density at radius 2 is 1.96 bits per heavy atom. The lowest BCUT2D eigenvalue weighted by Gasteiger charge is -2.13. The van der Waals surface area contributed by atoms with Crippen molar-refractivity contribution in [1.82, 2.24) is 5.01 Å². The second-order valence-corrected chi connectivity index (χ2v) is 7.26. The van der Waals surface area contributed by atoms with Gasteiger partial charge < -0.3 is 4.74 Å². The summed E-state index contributed by atoms with van der Waals surface area (Å²) in [5.74, 6) is 0.751. The van der Waals surface area contributed by atoms with Gasteiger partial charge >= 0.3 is 5.69 Å². The van der Waals surface area contributed by atoms with Gasteiger partial charge in [0.05, 0.1) is 23.0 Å². The molecule has 28 heavy (non-hydrogen) atoms. The largest absolute Gasteiger partial charge is 0.473 e. The van der Waals surface area contributed by atoms with Crippen LogP contribution in [0.3, 0.4) is 0 Å². The van der Waals surface area contributed by atoms with Gasteiger partial charge in [0.2, 0.25) is 5.75 Å². The third-order valence-corrected chi connectivity index (χ3v) is 5.54. The highest BCUT2D eigenvalue weighted by Crippen LogP contribution is 2.52. The number of benzene rings is 1. The van der Waals surface area contributed by atoms with E-state index in [9.17, 15) is 19.7 Å². The van der Waals surface area contributed by atoms with Gasteiger partial charge in [0.1, 0.15) is 6.61 Å². The third kappa shape index (κ3) is 2.75. The van der Waals surface area contributed by atoms with Crippen LogP contribution in [0, 0.1) is 46.1 Å². The lowest BCUT2D eigenvalue weighted by Crippen LogP contribution is -2.28. The maximum absolute atomic E-state index is 12.7. The molecule has 4 atom stereocenters. The number of imide groups is 1. The van der Waals surface area contributed by atoms with Crippen LogP contribution in [0.2, 0.25) is 5.02 Å². The average Bonchev–Trinajstić information content (AvgIpc) is 3.33. The van der Waals surface area contributed by atoms with E-state index in [-0.39, 0.29) is 64.1 Å². The lowest BCUT2D eigenvalue weighted by molar-refractivity contribution is -0.385. The number of hydrogen-bond donors (Lipinski definition) is 0. The molecule has 0 spiro atoms. The first kappa shape index (κ1) is 18.2. The molecule has 8 nitrogen and oxygen atoms in total. The topological polar surface area (TPSA) is 102 Å². The number of carbonyl (C=O) groups excluding carboxylic acids is 2. The number of hydrazone groups is 1. The predicted octanol–water partition coefficient (Wildman–Crippen LogP) is 2.40. The van der Waals surface area contributed by atoms with E-state index < -0.39 is 4.92 Å². The maximum atomic E-state index is 12.7. The van der Waals surface area contributed by atoms with Crippen LogP contribution in [0.5, 0.6) is 5.75 Å². The summed E-state index contributed by atoms with van der Waals surface area (Å²) in [4.78, 5) is 36.0. The number of hydrogen-bond acceptors (Lipinski definition) is 6. The number of nitro benzene ring substituents is 1. The summed E-state index contributed by atoms with van der Waals surface area (Å²) in [6.45, 7) is -0.204. The molecule has 1 saturated heterocycles. The van der Waals surface area contributed by atoms with Crippen LogP contribution in [0.25, 0.3) is 0 Å². The quantitative estimate of drug-likeness (QED) is 0.189. The molecule has 0 aromatic heterocycles.